The molecule has 1 amide bonds. The quantitative estimate of drug-likeness (QED) is 0.251. The van der Waals surface area contributed by atoms with E-state index in [0.29, 0.717) is 29.0 Å². The predicted molar refractivity (Wildman–Crippen MR) is 133 cm³/mol. The van der Waals surface area contributed by atoms with Crippen molar-refractivity contribution in [1.29, 1.82) is 0 Å². The Kier molecular flexibility index (Phi) is 7.47. The first-order valence-electron chi connectivity index (χ1n) is 11.2. The Morgan fingerprint density at radius 2 is 2.00 bits per heavy atom. The number of ether oxygens (including phenoxy) is 1. The largest absolute Gasteiger partial charge is 0.490 e. The monoisotopic (exact) mass is 471 g/mol. The first-order valence-corrected chi connectivity index (χ1v) is 11.2. The van der Waals surface area contributed by atoms with Crippen LogP contribution in [0.1, 0.15) is 35.2 Å². The molecule has 2 aromatic carbocycles. The number of hydrogen-bond acceptors (Lipinski definition) is 7. The number of aryl methyl sites for hydroxylation is 1. The summed E-state index contributed by atoms with van der Waals surface area (Å²) in [5.41, 5.74) is 1.58. The lowest BCUT2D eigenvalue weighted by atomic mass is 10.1. The standard InChI is InChI=1S/C26H25N5O4/c1-3-4-5-6-7-8-13-34-19-11-9-18(10-12-19)26(33)27-21-15-17(2)14-20-22(32)16-23(35-24(20)21)25-28-30-31-29-25/h3,7-12,14-16H,1,4-6,13H2,2H3,(H,27,33)(H,28,29,30,31)/b8-7+. The number of carbonyl (C=O) groups is 1. The molecule has 2 heterocycles. The molecule has 2 N–H and O–H groups in total. The molecule has 2 aromatic heterocycles. The SMILES string of the molecule is C=CCCC/C=C/COc1ccc(C(=O)Nc2cc(C)cc3c(=O)cc(-c4nnn[nH]4)oc23)cc1. The van der Waals surface area contributed by atoms with Crippen LogP contribution in [0.4, 0.5) is 5.69 Å². The molecule has 0 saturated heterocycles. The number of aromatic amines is 1. The normalized spacial score (nSPS) is 11.1. The topological polar surface area (TPSA) is 123 Å². The smallest absolute Gasteiger partial charge is 0.255 e. The number of nitrogens with one attached hydrogen (secondary N) is 2. The van der Waals surface area contributed by atoms with E-state index in [9.17, 15) is 9.59 Å². The molecule has 178 valence electrons. The lowest BCUT2D eigenvalue weighted by Gasteiger charge is -2.10. The highest BCUT2D eigenvalue weighted by molar-refractivity contribution is 6.08. The maximum absolute atomic E-state index is 12.9. The van der Waals surface area contributed by atoms with Crippen LogP contribution < -0.4 is 15.5 Å². The number of amides is 1. The third kappa shape index (κ3) is 5.89. The highest BCUT2D eigenvalue weighted by Crippen LogP contribution is 2.27. The number of benzene rings is 2. The molecule has 0 radical (unpaired) electrons. The van der Waals surface area contributed by atoms with Gasteiger partial charge in [0, 0.05) is 11.6 Å². The molecule has 9 nitrogen and oxygen atoms in total. The number of aromatic nitrogens is 4. The second kappa shape index (κ2) is 11.1. The van der Waals surface area contributed by atoms with E-state index >= 15 is 0 Å². The van der Waals surface area contributed by atoms with Crippen molar-refractivity contribution in [1.82, 2.24) is 20.6 Å². The summed E-state index contributed by atoms with van der Waals surface area (Å²) in [6.45, 7) is 6.00. The Morgan fingerprint density at radius 1 is 1.17 bits per heavy atom. The van der Waals surface area contributed by atoms with E-state index in [0.717, 1.165) is 24.8 Å². The van der Waals surface area contributed by atoms with E-state index in [1.807, 2.05) is 19.1 Å². The van der Waals surface area contributed by atoms with Crippen molar-refractivity contribution in [3.05, 3.63) is 88.6 Å². The molecule has 0 bridgehead atoms. The summed E-state index contributed by atoms with van der Waals surface area (Å²) < 4.78 is 11.6. The van der Waals surface area contributed by atoms with E-state index in [-0.39, 0.29) is 28.5 Å². The van der Waals surface area contributed by atoms with Crippen LogP contribution >= 0.6 is 0 Å². The van der Waals surface area contributed by atoms with Crippen molar-refractivity contribution in [2.75, 3.05) is 11.9 Å². The minimum absolute atomic E-state index is 0.170. The summed E-state index contributed by atoms with van der Waals surface area (Å²) >= 11 is 0. The number of fused-ring (bicyclic) bond motifs is 1. The third-order valence-electron chi connectivity index (χ3n) is 5.21. The van der Waals surface area contributed by atoms with Gasteiger partial charge in [0.2, 0.25) is 5.82 Å². The van der Waals surface area contributed by atoms with Crippen LogP contribution in [-0.4, -0.2) is 33.1 Å². The Balaban J connectivity index is 1.48. The van der Waals surface area contributed by atoms with Gasteiger partial charge in [0.15, 0.2) is 16.8 Å². The Labute approximate surface area is 201 Å². The number of anilines is 1. The van der Waals surface area contributed by atoms with Gasteiger partial charge in [-0.3, -0.25) is 9.59 Å². The number of hydrogen-bond donors (Lipinski definition) is 2. The van der Waals surface area contributed by atoms with Crippen LogP contribution in [0.5, 0.6) is 5.75 Å². The van der Waals surface area contributed by atoms with E-state index in [1.165, 1.54) is 6.07 Å². The van der Waals surface area contributed by atoms with Crippen molar-refractivity contribution in [2.24, 2.45) is 0 Å². The van der Waals surface area contributed by atoms with Crippen LogP contribution in [0.25, 0.3) is 22.6 Å². The van der Waals surface area contributed by atoms with Crippen molar-refractivity contribution in [3.8, 4) is 17.3 Å². The summed E-state index contributed by atoms with van der Waals surface area (Å²) in [5.74, 6) is 0.696. The average molecular weight is 472 g/mol. The second-order valence-corrected chi connectivity index (χ2v) is 7.89. The number of carbonyl (C=O) groups excluding carboxylic acids is 1. The van der Waals surface area contributed by atoms with E-state index in [2.05, 4.69) is 38.6 Å². The minimum atomic E-state index is -0.347. The van der Waals surface area contributed by atoms with Crippen LogP contribution in [0.2, 0.25) is 0 Å². The number of rotatable bonds is 10. The second-order valence-electron chi connectivity index (χ2n) is 7.89. The Hall–Kier alpha value is -4.53. The van der Waals surface area contributed by atoms with Crippen molar-refractivity contribution < 1.29 is 13.9 Å². The molecule has 4 aromatic rings. The van der Waals surface area contributed by atoms with Gasteiger partial charge in [-0.15, -0.1) is 11.7 Å². The van der Waals surface area contributed by atoms with Crippen LogP contribution in [0.15, 0.2) is 76.5 Å². The van der Waals surface area contributed by atoms with E-state index in [1.54, 1.807) is 36.4 Å². The van der Waals surface area contributed by atoms with Crippen molar-refractivity contribution in [3.63, 3.8) is 0 Å². The molecule has 0 aliphatic rings. The fourth-order valence-electron chi connectivity index (χ4n) is 3.48. The fourth-order valence-corrected chi connectivity index (χ4v) is 3.48. The molecule has 35 heavy (non-hydrogen) atoms. The van der Waals surface area contributed by atoms with Crippen LogP contribution in [0, 0.1) is 6.92 Å². The third-order valence-corrected chi connectivity index (χ3v) is 5.21. The number of allylic oxidation sites excluding steroid dienone is 2. The average Bonchev–Trinajstić information content (AvgIpc) is 3.39. The molecule has 0 saturated carbocycles. The van der Waals surface area contributed by atoms with Crippen molar-refractivity contribution in [2.45, 2.75) is 26.2 Å². The van der Waals surface area contributed by atoms with E-state index < -0.39 is 0 Å². The fraction of sp³-hybridized carbons (Fsp3) is 0.192. The zero-order valence-electron chi connectivity index (χ0n) is 19.3. The molecule has 0 fully saturated rings. The van der Waals surface area contributed by atoms with Gasteiger partial charge >= 0.3 is 0 Å². The highest BCUT2D eigenvalue weighted by atomic mass is 16.5. The van der Waals surface area contributed by atoms with Crippen LogP contribution in [0.3, 0.4) is 0 Å². The molecule has 0 aliphatic heterocycles. The Bertz CT molecular complexity index is 1410. The zero-order valence-corrected chi connectivity index (χ0v) is 19.3. The highest BCUT2D eigenvalue weighted by Gasteiger charge is 2.16. The summed E-state index contributed by atoms with van der Waals surface area (Å²) in [6.07, 6.45) is 9.02. The summed E-state index contributed by atoms with van der Waals surface area (Å²) in [7, 11) is 0. The van der Waals surface area contributed by atoms with Gasteiger partial charge in [0.25, 0.3) is 5.91 Å². The van der Waals surface area contributed by atoms with Gasteiger partial charge in [-0.05, 0) is 78.6 Å². The van der Waals surface area contributed by atoms with Gasteiger partial charge < -0.3 is 14.5 Å². The molecule has 0 unspecified atom stereocenters. The maximum atomic E-state index is 12.9. The summed E-state index contributed by atoms with van der Waals surface area (Å²) in [4.78, 5) is 25.6. The van der Waals surface area contributed by atoms with Gasteiger partial charge in [0.05, 0.1) is 11.1 Å². The molecule has 0 spiro atoms. The first kappa shape index (κ1) is 23.6. The van der Waals surface area contributed by atoms with Crippen molar-refractivity contribution >= 4 is 22.6 Å². The number of H-pyrrole nitrogens is 1. The Morgan fingerprint density at radius 3 is 2.74 bits per heavy atom. The molecule has 9 heteroatoms. The number of nitrogens with zero attached hydrogens (tertiary/aromatic N) is 3. The predicted octanol–water partition coefficient (Wildman–Crippen LogP) is 4.83. The van der Waals surface area contributed by atoms with Gasteiger partial charge in [-0.25, -0.2) is 5.10 Å². The van der Waals surface area contributed by atoms with E-state index in [4.69, 9.17) is 9.15 Å². The van der Waals surface area contributed by atoms with Crippen LogP contribution in [-0.2, 0) is 0 Å². The molecule has 4 rings (SSSR count). The number of tetrazole rings is 1. The number of unbranched alkanes of at least 4 members (excludes halogenated alkanes) is 2. The lowest BCUT2D eigenvalue weighted by Crippen LogP contribution is -2.13. The van der Waals surface area contributed by atoms with Gasteiger partial charge in [-0.2, -0.15) is 0 Å². The van der Waals surface area contributed by atoms with Gasteiger partial charge in [0.1, 0.15) is 12.4 Å². The summed E-state index contributed by atoms with van der Waals surface area (Å²) in [6, 6.07) is 11.6. The molecular formula is C26H25N5O4. The molecule has 0 aliphatic carbocycles. The minimum Gasteiger partial charge on any atom is -0.490 e. The lowest BCUT2D eigenvalue weighted by molar-refractivity contribution is 0.102. The first-order chi connectivity index (χ1) is 17.0. The maximum Gasteiger partial charge on any atom is 0.255 e. The molecular weight excluding hydrogens is 446 g/mol. The van der Waals surface area contributed by atoms with Gasteiger partial charge in [-0.1, -0.05) is 18.2 Å². The summed E-state index contributed by atoms with van der Waals surface area (Å²) in [5, 5.41) is 16.6. The zero-order chi connectivity index (χ0) is 24.6. The molecule has 0 atom stereocenters.